The van der Waals surface area contributed by atoms with Gasteiger partial charge >= 0.3 is 5.97 Å². The van der Waals surface area contributed by atoms with Gasteiger partial charge in [-0.15, -0.1) is 0 Å². The van der Waals surface area contributed by atoms with Gasteiger partial charge in [0.05, 0.1) is 5.56 Å². The van der Waals surface area contributed by atoms with Crippen LogP contribution in [-0.4, -0.2) is 17.6 Å². The number of carbonyl (C=O) groups is 1. The molecule has 1 aliphatic heterocycles. The Hall–Kier alpha value is -2.78. The fourth-order valence-electron chi connectivity index (χ4n) is 3.49. The first-order valence-electron chi connectivity index (χ1n) is 8.57. The van der Waals surface area contributed by atoms with Crippen LogP contribution in [0.3, 0.4) is 0 Å². The molecule has 0 aromatic heterocycles. The molecule has 0 atom stereocenters. The Balaban J connectivity index is 1.62. The zero-order chi connectivity index (χ0) is 18.1. The van der Waals surface area contributed by atoms with Crippen LogP contribution in [0.15, 0.2) is 66.7 Å². The molecule has 0 fully saturated rings. The van der Waals surface area contributed by atoms with Gasteiger partial charge in [0.15, 0.2) is 0 Å². The highest BCUT2D eigenvalue weighted by molar-refractivity contribution is 6.33. The fraction of sp³-hybridized carbons (Fsp3) is 0.136. The quantitative estimate of drug-likeness (QED) is 0.686. The summed E-state index contributed by atoms with van der Waals surface area (Å²) in [6.45, 7) is 1.90. The second-order valence-corrected chi connectivity index (χ2v) is 6.91. The minimum Gasteiger partial charge on any atom is -0.478 e. The molecule has 26 heavy (non-hydrogen) atoms. The molecule has 130 valence electrons. The number of nitrogens with zero attached hydrogens (tertiary/aromatic N) is 1. The Morgan fingerprint density at radius 1 is 1.04 bits per heavy atom. The van der Waals surface area contributed by atoms with Gasteiger partial charge in [0.2, 0.25) is 0 Å². The van der Waals surface area contributed by atoms with Crippen molar-refractivity contribution < 1.29 is 9.90 Å². The number of rotatable bonds is 4. The summed E-state index contributed by atoms with van der Waals surface area (Å²) in [5, 5.41) is 9.55. The van der Waals surface area contributed by atoms with E-state index in [0.29, 0.717) is 5.02 Å². The summed E-state index contributed by atoms with van der Waals surface area (Å²) >= 11 is 6.32. The van der Waals surface area contributed by atoms with E-state index in [2.05, 4.69) is 47.4 Å². The summed E-state index contributed by atoms with van der Waals surface area (Å²) < 4.78 is 0. The number of anilines is 1. The Morgan fingerprint density at radius 2 is 1.85 bits per heavy atom. The van der Waals surface area contributed by atoms with Gasteiger partial charge in [0, 0.05) is 29.4 Å². The van der Waals surface area contributed by atoms with E-state index in [4.69, 9.17) is 16.7 Å². The van der Waals surface area contributed by atoms with Crippen LogP contribution in [0.25, 0.3) is 11.1 Å². The van der Waals surface area contributed by atoms with E-state index in [0.717, 1.165) is 30.6 Å². The first kappa shape index (κ1) is 16.7. The van der Waals surface area contributed by atoms with E-state index >= 15 is 0 Å². The number of halogens is 1. The molecular weight excluding hydrogens is 346 g/mol. The van der Waals surface area contributed by atoms with E-state index in [1.165, 1.54) is 22.9 Å². The molecule has 3 aromatic rings. The Labute approximate surface area is 157 Å². The molecule has 4 heteroatoms. The smallest absolute Gasteiger partial charge is 0.335 e. The lowest BCUT2D eigenvalue weighted by molar-refractivity contribution is 0.0697. The maximum Gasteiger partial charge on any atom is 0.335 e. The van der Waals surface area contributed by atoms with Gasteiger partial charge in [-0.05, 0) is 47.4 Å². The molecule has 0 unspecified atom stereocenters. The summed E-state index contributed by atoms with van der Waals surface area (Å²) in [5.41, 5.74) is 5.95. The van der Waals surface area contributed by atoms with Crippen molar-refractivity contribution >= 4 is 23.3 Å². The molecule has 3 nitrogen and oxygen atoms in total. The zero-order valence-corrected chi connectivity index (χ0v) is 14.9. The predicted octanol–water partition coefficient (Wildman–Crippen LogP) is 5.27. The summed E-state index contributed by atoms with van der Waals surface area (Å²) in [4.78, 5) is 13.5. The standard InChI is InChI=1S/C22H18ClNO2/c23-20-13-18(22(25)26)6-8-19(20)16-7-9-21-17(12-16)10-11-24(21)14-15-4-2-1-3-5-15/h1-9,12-13H,10-11,14H2,(H,25,26). The molecule has 1 aliphatic rings. The number of aromatic carboxylic acids is 1. The summed E-state index contributed by atoms with van der Waals surface area (Å²) in [6, 6.07) is 21.7. The molecule has 1 N–H and O–H groups in total. The lowest BCUT2D eigenvalue weighted by Gasteiger charge is -2.20. The lowest BCUT2D eigenvalue weighted by Crippen LogP contribution is -2.19. The van der Waals surface area contributed by atoms with Crippen molar-refractivity contribution in [3.8, 4) is 11.1 Å². The third-order valence-electron chi connectivity index (χ3n) is 4.81. The molecule has 0 saturated heterocycles. The third kappa shape index (κ3) is 3.18. The van der Waals surface area contributed by atoms with Crippen molar-refractivity contribution in [1.82, 2.24) is 0 Å². The van der Waals surface area contributed by atoms with E-state index in [1.54, 1.807) is 12.1 Å². The molecule has 0 saturated carbocycles. The number of benzene rings is 3. The third-order valence-corrected chi connectivity index (χ3v) is 5.13. The van der Waals surface area contributed by atoms with Crippen LogP contribution in [0.2, 0.25) is 5.02 Å². The van der Waals surface area contributed by atoms with Crippen LogP contribution in [0.5, 0.6) is 0 Å². The summed E-state index contributed by atoms with van der Waals surface area (Å²) in [5.74, 6) is -0.969. The first-order chi connectivity index (χ1) is 12.6. The molecule has 0 bridgehead atoms. The monoisotopic (exact) mass is 363 g/mol. The number of fused-ring (bicyclic) bond motifs is 1. The van der Waals surface area contributed by atoms with Crippen LogP contribution in [-0.2, 0) is 13.0 Å². The van der Waals surface area contributed by atoms with Gasteiger partial charge in [-0.2, -0.15) is 0 Å². The maximum atomic E-state index is 11.1. The average Bonchev–Trinajstić information content (AvgIpc) is 3.04. The molecular formula is C22H18ClNO2. The minimum absolute atomic E-state index is 0.203. The van der Waals surface area contributed by atoms with Crippen molar-refractivity contribution in [1.29, 1.82) is 0 Å². The first-order valence-corrected chi connectivity index (χ1v) is 8.94. The van der Waals surface area contributed by atoms with Gasteiger partial charge in [-0.1, -0.05) is 54.1 Å². The predicted molar refractivity (Wildman–Crippen MR) is 105 cm³/mol. The normalized spacial score (nSPS) is 12.9. The molecule has 1 heterocycles. The maximum absolute atomic E-state index is 11.1. The molecule has 0 amide bonds. The number of hydrogen-bond donors (Lipinski definition) is 1. The van der Waals surface area contributed by atoms with Gasteiger partial charge in [-0.25, -0.2) is 4.79 Å². The van der Waals surface area contributed by atoms with Crippen LogP contribution >= 0.6 is 11.6 Å². The Morgan fingerprint density at radius 3 is 2.58 bits per heavy atom. The molecule has 0 radical (unpaired) electrons. The van der Waals surface area contributed by atoms with Crippen molar-refractivity contribution in [2.24, 2.45) is 0 Å². The second-order valence-electron chi connectivity index (χ2n) is 6.50. The van der Waals surface area contributed by atoms with E-state index < -0.39 is 5.97 Å². The van der Waals surface area contributed by atoms with Gasteiger partial charge < -0.3 is 10.0 Å². The van der Waals surface area contributed by atoms with Crippen molar-refractivity contribution in [3.05, 3.63) is 88.4 Å². The SMILES string of the molecule is O=C(O)c1ccc(-c2ccc3c(c2)CCN3Cc2ccccc2)c(Cl)c1. The van der Waals surface area contributed by atoms with Crippen molar-refractivity contribution in [3.63, 3.8) is 0 Å². The van der Waals surface area contributed by atoms with Crippen molar-refractivity contribution in [2.75, 3.05) is 11.4 Å². The van der Waals surface area contributed by atoms with Crippen molar-refractivity contribution in [2.45, 2.75) is 13.0 Å². The number of carboxylic acids is 1. The van der Waals surface area contributed by atoms with Gasteiger partial charge in [-0.3, -0.25) is 0 Å². The van der Waals surface area contributed by atoms with Crippen LogP contribution in [0, 0.1) is 0 Å². The highest BCUT2D eigenvalue weighted by Gasteiger charge is 2.20. The van der Waals surface area contributed by atoms with Crippen LogP contribution in [0.1, 0.15) is 21.5 Å². The molecule has 0 spiro atoms. The zero-order valence-electron chi connectivity index (χ0n) is 14.2. The van der Waals surface area contributed by atoms with E-state index in [9.17, 15) is 4.79 Å². The average molecular weight is 364 g/mol. The highest BCUT2D eigenvalue weighted by atomic mass is 35.5. The van der Waals surface area contributed by atoms with E-state index in [1.807, 2.05) is 6.07 Å². The highest BCUT2D eigenvalue weighted by Crippen LogP contribution is 2.35. The largest absolute Gasteiger partial charge is 0.478 e. The van der Waals surface area contributed by atoms with Gasteiger partial charge in [0.1, 0.15) is 0 Å². The minimum atomic E-state index is -0.969. The number of carboxylic acid groups (broad SMARTS) is 1. The lowest BCUT2D eigenvalue weighted by atomic mass is 10.0. The summed E-state index contributed by atoms with van der Waals surface area (Å²) in [6.07, 6.45) is 1.00. The molecule has 3 aromatic carbocycles. The topological polar surface area (TPSA) is 40.5 Å². The van der Waals surface area contributed by atoms with Gasteiger partial charge in [0.25, 0.3) is 0 Å². The Bertz CT molecular complexity index is 969. The molecule has 0 aliphatic carbocycles. The summed E-state index contributed by atoms with van der Waals surface area (Å²) in [7, 11) is 0. The number of hydrogen-bond acceptors (Lipinski definition) is 2. The Kier molecular flexibility index (Phi) is 4.39. The second kappa shape index (κ2) is 6.85. The van der Waals surface area contributed by atoms with Crippen LogP contribution < -0.4 is 4.90 Å². The molecule has 4 rings (SSSR count). The van der Waals surface area contributed by atoms with Crippen LogP contribution in [0.4, 0.5) is 5.69 Å². The fourth-order valence-corrected chi connectivity index (χ4v) is 3.78. The van der Waals surface area contributed by atoms with E-state index in [-0.39, 0.29) is 5.56 Å².